The molecule has 0 aliphatic carbocycles. The largest absolute Gasteiger partial charge is 0.504 e. The number of phenols is 2. The molecule has 0 spiro atoms. The molecule has 4 aromatic carbocycles. The van der Waals surface area contributed by atoms with E-state index in [4.69, 9.17) is 18.9 Å². The Morgan fingerprint density at radius 2 is 1.13 bits per heavy atom. The minimum absolute atomic E-state index is 0.0994. The van der Waals surface area contributed by atoms with Crippen LogP contribution in [0, 0.1) is 0 Å². The third-order valence-electron chi connectivity index (χ3n) is 9.37. The van der Waals surface area contributed by atoms with Crippen molar-refractivity contribution in [3.63, 3.8) is 0 Å². The zero-order valence-corrected chi connectivity index (χ0v) is 26.7. The molecule has 0 saturated heterocycles. The maximum absolute atomic E-state index is 10.7. The molecule has 0 aromatic heterocycles. The summed E-state index contributed by atoms with van der Waals surface area (Å²) in [4.78, 5) is 4.69. The number of hydrogen-bond acceptors (Lipinski definition) is 8. The van der Waals surface area contributed by atoms with Gasteiger partial charge in [0.2, 0.25) is 0 Å². The van der Waals surface area contributed by atoms with Crippen molar-refractivity contribution in [3.8, 4) is 40.2 Å². The highest BCUT2D eigenvalue weighted by atomic mass is 16.5. The quantitative estimate of drug-likeness (QED) is 0.224. The van der Waals surface area contributed by atoms with Crippen LogP contribution in [0.15, 0.2) is 66.7 Å². The molecule has 8 nitrogen and oxygen atoms in total. The molecule has 2 heterocycles. The number of rotatable bonds is 9. The Labute approximate surface area is 265 Å². The van der Waals surface area contributed by atoms with Crippen molar-refractivity contribution in [2.45, 2.75) is 37.8 Å². The van der Waals surface area contributed by atoms with Gasteiger partial charge in [-0.3, -0.25) is 9.80 Å². The van der Waals surface area contributed by atoms with Crippen molar-refractivity contribution in [3.05, 3.63) is 100 Å². The molecule has 2 atom stereocenters. The Bertz CT molecular complexity index is 1670. The Hall–Kier alpha value is -4.40. The maximum atomic E-state index is 10.7. The average Bonchev–Trinajstić information content (AvgIpc) is 3.05. The van der Waals surface area contributed by atoms with Crippen LogP contribution >= 0.6 is 0 Å². The van der Waals surface area contributed by atoms with Gasteiger partial charge in [0.05, 0.1) is 21.3 Å². The summed E-state index contributed by atoms with van der Waals surface area (Å²) in [5.41, 5.74) is 7.07. The molecule has 6 rings (SSSR count). The molecule has 0 radical (unpaired) electrons. The van der Waals surface area contributed by atoms with Gasteiger partial charge in [0.15, 0.2) is 34.5 Å². The Morgan fingerprint density at radius 3 is 1.76 bits per heavy atom. The van der Waals surface area contributed by atoms with Crippen LogP contribution in [0.4, 0.5) is 0 Å². The van der Waals surface area contributed by atoms with E-state index in [1.54, 1.807) is 27.4 Å². The highest BCUT2D eigenvalue weighted by molar-refractivity contribution is 5.51. The molecule has 2 N–H and O–H groups in total. The number of phenolic OH excluding ortho intramolecular Hbond substituents is 2. The Balaban J connectivity index is 1.18. The van der Waals surface area contributed by atoms with Crippen molar-refractivity contribution >= 4 is 0 Å². The van der Waals surface area contributed by atoms with Crippen LogP contribution in [0.5, 0.6) is 40.2 Å². The fourth-order valence-corrected chi connectivity index (χ4v) is 6.73. The van der Waals surface area contributed by atoms with Crippen molar-refractivity contribution < 1.29 is 29.2 Å². The lowest BCUT2D eigenvalue weighted by Crippen LogP contribution is -2.33. The molecule has 236 valence electrons. The predicted octanol–water partition coefficient (Wildman–Crippen LogP) is 6.46. The van der Waals surface area contributed by atoms with Crippen molar-refractivity contribution in [1.29, 1.82) is 0 Å². The SMILES string of the molecule is COc1cc2c(cc1O)[C@@H](Cc1ccc(Oc3cc(C[C@@H]4c5cc(OC)c(OC)cc5CCN4C)ccc3O)cc1)N(C)CC2. The van der Waals surface area contributed by atoms with Crippen LogP contribution in [0.1, 0.15) is 45.5 Å². The number of methoxy groups -OCH3 is 3. The van der Waals surface area contributed by atoms with E-state index in [0.29, 0.717) is 17.2 Å². The van der Waals surface area contributed by atoms with Crippen LogP contribution in [0.25, 0.3) is 0 Å². The van der Waals surface area contributed by atoms with Crippen LogP contribution in [0.3, 0.4) is 0 Å². The summed E-state index contributed by atoms with van der Waals surface area (Å²) in [6.45, 7) is 1.88. The predicted molar refractivity (Wildman–Crippen MR) is 174 cm³/mol. The molecule has 4 aromatic rings. The van der Waals surface area contributed by atoms with Crippen LogP contribution in [0.2, 0.25) is 0 Å². The molecule has 45 heavy (non-hydrogen) atoms. The third kappa shape index (κ3) is 6.26. The van der Waals surface area contributed by atoms with Crippen LogP contribution in [-0.2, 0) is 25.7 Å². The van der Waals surface area contributed by atoms with Gasteiger partial charge >= 0.3 is 0 Å². The number of aromatic hydroxyl groups is 2. The second-order valence-corrected chi connectivity index (χ2v) is 12.1. The lowest BCUT2D eigenvalue weighted by Gasteiger charge is -2.35. The standard InChI is InChI=1S/C37H42N2O6/c1-38-14-12-25-19-34(42-3)33(41)21-28(25)30(38)16-23-6-9-27(10-7-23)45-35-18-24(8-11-32(35)40)17-31-29-22-37(44-5)36(43-4)20-26(29)13-15-39(31)2/h6-11,18-22,30-31,40-41H,12-17H2,1-5H3/t30-,31-/m1/s1. The van der Waals surface area contributed by atoms with E-state index in [-0.39, 0.29) is 23.6 Å². The van der Waals surface area contributed by atoms with Gasteiger partial charge in [-0.15, -0.1) is 0 Å². The summed E-state index contributed by atoms with van der Waals surface area (Å²) in [6, 6.07) is 21.9. The van der Waals surface area contributed by atoms with Gasteiger partial charge in [-0.2, -0.15) is 0 Å². The average molecular weight is 611 g/mol. The number of likely N-dealkylation sites (N-methyl/N-ethyl adjacent to an activating group) is 2. The normalized spacial score (nSPS) is 18.2. The van der Waals surface area contributed by atoms with Crippen molar-refractivity contribution in [2.24, 2.45) is 0 Å². The second kappa shape index (κ2) is 12.9. The highest BCUT2D eigenvalue weighted by Gasteiger charge is 2.28. The molecular weight excluding hydrogens is 568 g/mol. The molecule has 2 aliphatic rings. The maximum Gasteiger partial charge on any atom is 0.169 e. The first-order valence-corrected chi connectivity index (χ1v) is 15.4. The molecule has 0 amide bonds. The highest BCUT2D eigenvalue weighted by Crippen LogP contribution is 2.41. The van der Waals surface area contributed by atoms with Gasteiger partial charge in [-0.25, -0.2) is 0 Å². The molecule has 0 unspecified atom stereocenters. The number of fused-ring (bicyclic) bond motifs is 2. The first-order valence-electron chi connectivity index (χ1n) is 15.4. The topological polar surface area (TPSA) is 83.9 Å². The molecule has 0 saturated carbocycles. The van der Waals surface area contributed by atoms with Gasteiger partial charge in [-0.1, -0.05) is 18.2 Å². The van der Waals surface area contributed by atoms with E-state index in [1.807, 2.05) is 36.4 Å². The van der Waals surface area contributed by atoms with Crippen molar-refractivity contribution in [1.82, 2.24) is 9.80 Å². The van der Waals surface area contributed by atoms with E-state index >= 15 is 0 Å². The minimum atomic E-state index is 0.0994. The van der Waals surface area contributed by atoms with Crippen molar-refractivity contribution in [2.75, 3.05) is 48.5 Å². The van der Waals surface area contributed by atoms with Gasteiger partial charge in [-0.05, 0) is 122 Å². The first-order chi connectivity index (χ1) is 21.8. The van der Waals surface area contributed by atoms with Gasteiger partial charge in [0, 0.05) is 25.2 Å². The second-order valence-electron chi connectivity index (χ2n) is 12.1. The molecular formula is C37H42N2O6. The first kappa shape index (κ1) is 30.6. The fraction of sp³-hybridized carbons (Fsp3) is 0.351. The zero-order chi connectivity index (χ0) is 31.7. The number of ether oxygens (including phenoxy) is 4. The van der Waals surface area contributed by atoms with E-state index in [0.717, 1.165) is 67.0 Å². The minimum Gasteiger partial charge on any atom is -0.504 e. The van der Waals surface area contributed by atoms with E-state index in [2.05, 4.69) is 48.2 Å². The number of benzene rings is 4. The summed E-state index contributed by atoms with van der Waals surface area (Å²) in [6.07, 6.45) is 3.42. The number of hydrogen-bond donors (Lipinski definition) is 2. The van der Waals surface area contributed by atoms with Gasteiger partial charge < -0.3 is 29.2 Å². The summed E-state index contributed by atoms with van der Waals surface area (Å²) < 4.78 is 22.7. The summed E-state index contributed by atoms with van der Waals surface area (Å²) >= 11 is 0. The molecule has 2 aliphatic heterocycles. The fourth-order valence-electron chi connectivity index (χ4n) is 6.73. The third-order valence-corrected chi connectivity index (χ3v) is 9.37. The van der Waals surface area contributed by atoms with Gasteiger partial charge in [0.25, 0.3) is 0 Å². The van der Waals surface area contributed by atoms with E-state index in [1.165, 1.54) is 16.7 Å². The zero-order valence-electron chi connectivity index (χ0n) is 26.7. The summed E-state index contributed by atoms with van der Waals surface area (Å²) in [5, 5.41) is 21.1. The Kier molecular flexibility index (Phi) is 8.79. The van der Waals surface area contributed by atoms with Gasteiger partial charge in [0.1, 0.15) is 5.75 Å². The van der Waals surface area contributed by atoms with Crippen LogP contribution in [-0.4, -0.2) is 68.5 Å². The Morgan fingerprint density at radius 1 is 0.600 bits per heavy atom. The number of nitrogens with zero attached hydrogens (tertiary/aromatic N) is 2. The van der Waals surface area contributed by atoms with Crippen LogP contribution < -0.4 is 18.9 Å². The monoisotopic (exact) mass is 610 g/mol. The van der Waals surface area contributed by atoms with E-state index < -0.39 is 0 Å². The molecule has 0 fully saturated rings. The summed E-state index contributed by atoms with van der Waals surface area (Å²) in [7, 11) is 9.18. The smallest absolute Gasteiger partial charge is 0.169 e. The molecule has 0 bridgehead atoms. The summed E-state index contributed by atoms with van der Waals surface area (Å²) in [5.74, 6) is 3.35. The lowest BCUT2D eigenvalue weighted by atomic mass is 9.88. The molecule has 8 heteroatoms. The van der Waals surface area contributed by atoms with E-state index in [9.17, 15) is 10.2 Å². The lowest BCUT2D eigenvalue weighted by molar-refractivity contribution is 0.227.